The van der Waals surface area contributed by atoms with Crippen LogP contribution in [-0.4, -0.2) is 39.6 Å². The maximum atomic E-state index is 12.5. The van der Waals surface area contributed by atoms with E-state index in [0.29, 0.717) is 0 Å². The van der Waals surface area contributed by atoms with E-state index in [1.165, 1.54) is 46.1 Å². The molecule has 1 atom stereocenters. The Labute approximate surface area is 178 Å². The first-order valence-corrected chi connectivity index (χ1v) is 10.4. The average Bonchev–Trinajstić information content (AvgIpc) is 3.34. The molecule has 0 fully saturated rings. The van der Waals surface area contributed by atoms with Crippen molar-refractivity contribution in [2.75, 3.05) is 13.1 Å². The van der Waals surface area contributed by atoms with Crippen molar-refractivity contribution in [2.24, 2.45) is 5.10 Å². The highest BCUT2D eigenvalue weighted by molar-refractivity contribution is 5.87. The summed E-state index contributed by atoms with van der Waals surface area (Å²) in [5.74, 6) is -0.369. The summed E-state index contributed by atoms with van der Waals surface area (Å²) in [5.41, 5.74) is 7.85. The molecule has 0 unspecified atom stereocenters. The molecule has 0 saturated heterocycles. The van der Waals surface area contributed by atoms with Crippen LogP contribution in [0.1, 0.15) is 41.5 Å². The molecule has 0 saturated carbocycles. The SMILES string of the molecule is Cc1ccc2c(c1)c1c3n2CCN(CC(=O)N/N=C\c2ccc([N+](=O)[O-])o2)[C@@H]3CCC1. The molecule has 3 heterocycles. The molecule has 1 N–H and O–H groups in total. The normalized spacial score (nSPS) is 18.4. The summed E-state index contributed by atoms with van der Waals surface area (Å²) in [6.07, 6.45) is 4.49. The number of hydrogen-bond donors (Lipinski definition) is 1. The molecule has 5 rings (SSSR count). The third-order valence-corrected chi connectivity index (χ3v) is 6.16. The third kappa shape index (κ3) is 3.50. The molecule has 0 radical (unpaired) electrons. The summed E-state index contributed by atoms with van der Waals surface area (Å²) in [5, 5.41) is 15.9. The number of rotatable bonds is 5. The minimum Gasteiger partial charge on any atom is -0.400 e. The number of hydrazone groups is 1. The van der Waals surface area contributed by atoms with Gasteiger partial charge in [0.2, 0.25) is 0 Å². The van der Waals surface area contributed by atoms with Gasteiger partial charge in [-0.05, 0) is 49.9 Å². The van der Waals surface area contributed by atoms with Gasteiger partial charge in [-0.3, -0.25) is 19.8 Å². The first-order chi connectivity index (χ1) is 15.0. The van der Waals surface area contributed by atoms with E-state index in [1.807, 2.05) is 0 Å². The van der Waals surface area contributed by atoms with Crippen LogP contribution in [0.2, 0.25) is 0 Å². The zero-order valence-electron chi connectivity index (χ0n) is 17.2. The largest absolute Gasteiger partial charge is 0.433 e. The van der Waals surface area contributed by atoms with Crippen LogP contribution >= 0.6 is 0 Å². The van der Waals surface area contributed by atoms with Crippen LogP contribution in [0.4, 0.5) is 5.88 Å². The predicted molar refractivity (Wildman–Crippen MR) is 115 cm³/mol. The van der Waals surface area contributed by atoms with Gasteiger partial charge in [-0.15, -0.1) is 0 Å². The van der Waals surface area contributed by atoms with Crippen molar-refractivity contribution >= 4 is 28.9 Å². The van der Waals surface area contributed by atoms with Crippen LogP contribution in [0, 0.1) is 17.0 Å². The van der Waals surface area contributed by atoms with E-state index < -0.39 is 4.92 Å². The fourth-order valence-corrected chi connectivity index (χ4v) is 4.88. The zero-order chi connectivity index (χ0) is 21.5. The lowest BCUT2D eigenvalue weighted by Gasteiger charge is -2.39. The summed E-state index contributed by atoms with van der Waals surface area (Å²) >= 11 is 0. The van der Waals surface area contributed by atoms with Crippen molar-refractivity contribution in [1.82, 2.24) is 14.9 Å². The molecular weight excluding hydrogens is 398 g/mol. The van der Waals surface area contributed by atoms with Gasteiger partial charge in [0, 0.05) is 29.7 Å². The summed E-state index contributed by atoms with van der Waals surface area (Å²) in [4.78, 5) is 24.8. The topological polar surface area (TPSA) is 106 Å². The molecule has 160 valence electrons. The van der Waals surface area contributed by atoms with Gasteiger partial charge in [0.05, 0.1) is 24.9 Å². The lowest BCUT2D eigenvalue weighted by molar-refractivity contribution is -0.402. The molecule has 0 bridgehead atoms. The third-order valence-electron chi connectivity index (χ3n) is 6.16. The number of benzene rings is 1. The molecule has 1 aromatic carbocycles. The van der Waals surface area contributed by atoms with Gasteiger partial charge in [-0.1, -0.05) is 11.6 Å². The van der Waals surface area contributed by atoms with Gasteiger partial charge in [0.25, 0.3) is 5.91 Å². The molecule has 2 aliphatic rings. The van der Waals surface area contributed by atoms with Gasteiger partial charge in [-0.2, -0.15) is 5.10 Å². The maximum Gasteiger partial charge on any atom is 0.433 e. The van der Waals surface area contributed by atoms with Crippen molar-refractivity contribution < 1.29 is 14.1 Å². The molecular formula is C22H23N5O4. The van der Waals surface area contributed by atoms with Crippen LogP contribution in [0.25, 0.3) is 10.9 Å². The van der Waals surface area contributed by atoms with Crippen molar-refractivity contribution in [3.8, 4) is 0 Å². The molecule has 31 heavy (non-hydrogen) atoms. The van der Waals surface area contributed by atoms with E-state index in [4.69, 9.17) is 4.42 Å². The van der Waals surface area contributed by atoms with Crippen LogP contribution in [0.3, 0.4) is 0 Å². The first-order valence-electron chi connectivity index (χ1n) is 10.4. The van der Waals surface area contributed by atoms with E-state index >= 15 is 0 Å². The summed E-state index contributed by atoms with van der Waals surface area (Å²) in [6, 6.07) is 9.57. The summed E-state index contributed by atoms with van der Waals surface area (Å²) in [6.45, 7) is 4.04. The molecule has 0 spiro atoms. The second-order valence-electron chi connectivity index (χ2n) is 8.14. The Morgan fingerprint density at radius 1 is 1.35 bits per heavy atom. The number of hydrogen-bond acceptors (Lipinski definition) is 6. The van der Waals surface area contributed by atoms with E-state index in [9.17, 15) is 14.9 Å². The number of aryl methyl sites for hydroxylation is 2. The number of furan rings is 1. The van der Waals surface area contributed by atoms with Gasteiger partial charge < -0.3 is 8.98 Å². The van der Waals surface area contributed by atoms with Crippen LogP contribution in [0.5, 0.6) is 0 Å². The lowest BCUT2D eigenvalue weighted by atomic mass is 9.89. The number of carbonyl (C=O) groups is 1. The van der Waals surface area contributed by atoms with Gasteiger partial charge in [0.15, 0.2) is 5.76 Å². The van der Waals surface area contributed by atoms with Crippen molar-refractivity contribution in [3.05, 3.63) is 63.0 Å². The molecule has 1 amide bonds. The summed E-state index contributed by atoms with van der Waals surface area (Å²) in [7, 11) is 0. The number of fused-ring (bicyclic) bond motifs is 3. The standard InChI is InChI=1S/C22H23N5O4/c1-14-5-7-18-17(11-14)16-3-2-4-19-22(16)26(18)10-9-25(19)13-20(28)24-23-12-15-6-8-21(31-15)27(29)30/h5-8,11-12,19H,2-4,9-10,13H2,1H3,(H,24,28)/b23-12-/t19-/m1/s1. The molecule has 1 aliphatic heterocycles. The number of amides is 1. The Morgan fingerprint density at radius 3 is 3.03 bits per heavy atom. The van der Waals surface area contributed by atoms with Crippen molar-refractivity contribution in [1.29, 1.82) is 0 Å². The zero-order valence-corrected chi connectivity index (χ0v) is 17.2. The fraction of sp³-hybridized carbons (Fsp3) is 0.364. The van der Waals surface area contributed by atoms with Crippen LogP contribution in [0.15, 0.2) is 39.9 Å². The molecule has 2 aromatic heterocycles. The number of nitrogens with zero attached hydrogens (tertiary/aromatic N) is 4. The van der Waals surface area contributed by atoms with Crippen LogP contribution < -0.4 is 5.43 Å². The Hall–Kier alpha value is -3.46. The minimum absolute atomic E-state index is 0.210. The van der Waals surface area contributed by atoms with Gasteiger partial charge in [-0.25, -0.2) is 5.43 Å². The monoisotopic (exact) mass is 421 g/mol. The Morgan fingerprint density at radius 2 is 2.23 bits per heavy atom. The predicted octanol–water partition coefficient (Wildman–Crippen LogP) is 3.29. The van der Waals surface area contributed by atoms with Crippen molar-refractivity contribution in [3.63, 3.8) is 0 Å². The minimum atomic E-state index is -0.620. The second kappa shape index (κ2) is 7.66. The maximum absolute atomic E-state index is 12.5. The highest BCUT2D eigenvalue weighted by Crippen LogP contribution is 2.42. The number of nitro groups is 1. The highest BCUT2D eigenvalue weighted by atomic mass is 16.6. The number of aromatic nitrogens is 1. The second-order valence-corrected chi connectivity index (χ2v) is 8.14. The van der Waals surface area contributed by atoms with E-state index in [1.54, 1.807) is 0 Å². The van der Waals surface area contributed by atoms with E-state index in [2.05, 4.69) is 45.1 Å². The molecule has 1 aliphatic carbocycles. The fourth-order valence-electron chi connectivity index (χ4n) is 4.88. The Bertz CT molecular complexity index is 1210. The average molecular weight is 421 g/mol. The van der Waals surface area contributed by atoms with Crippen molar-refractivity contribution in [2.45, 2.75) is 38.8 Å². The number of nitrogens with one attached hydrogen (secondary N) is 1. The smallest absolute Gasteiger partial charge is 0.400 e. The van der Waals surface area contributed by atoms with Crippen LogP contribution in [-0.2, 0) is 17.8 Å². The van der Waals surface area contributed by atoms with Gasteiger partial charge in [0.1, 0.15) is 4.92 Å². The Balaban J connectivity index is 1.30. The van der Waals surface area contributed by atoms with E-state index in [0.717, 1.165) is 32.4 Å². The number of carbonyl (C=O) groups excluding carboxylic acids is 1. The summed E-state index contributed by atoms with van der Waals surface area (Å²) < 4.78 is 7.43. The van der Waals surface area contributed by atoms with Gasteiger partial charge >= 0.3 is 5.88 Å². The molecule has 3 aromatic rings. The van der Waals surface area contributed by atoms with E-state index in [-0.39, 0.29) is 30.1 Å². The molecule has 9 heteroatoms. The quantitative estimate of drug-likeness (QED) is 0.387. The lowest BCUT2D eigenvalue weighted by Crippen LogP contribution is -2.44. The Kier molecular flexibility index (Phi) is 4.82. The molecule has 9 nitrogen and oxygen atoms in total. The first kappa shape index (κ1) is 19.5. The highest BCUT2D eigenvalue weighted by Gasteiger charge is 2.35.